The number of nitrogens with zero attached hydrogens (tertiary/aromatic N) is 1. The smallest absolute Gasteiger partial charge is 0.227 e. The third-order valence-electron chi connectivity index (χ3n) is 3.78. The quantitative estimate of drug-likeness (QED) is 0.885. The molecule has 0 saturated heterocycles. The van der Waals surface area contributed by atoms with E-state index in [0.29, 0.717) is 0 Å². The Morgan fingerprint density at radius 3 is 2.90 bits per heavy atom. The van der Waals surface area contributed by atoms with Gasteiger partial charge in [-0.25, -0.2) is 0 Å². The first-order chi connectivity index (χ1) is 9.54. The normalized spacial score (nSPS) is 22.8. The predicted octanol–water partition coefficient (Wildman–Crippen LogP) is 2.20. The zero-order valence-corrected chi connectivity index (χ0v) is 12.4. The van der Waals surface area contributed by atoms with Crippen LogP contribution in [0, 0.1) is 5.92 Å². The SMILES string of the molecule is CN(C)Cc1cccc(NC(=O)C2CCCC(N)C2)c1. The third-order valence-corrected chi connectivity index (χ3v) is 3.78. The highest BCUT2D eigenvalue weighted by molar-refractivity contribution is 5.92. The second kappa shape index (κ2) is 6.86. The van der Waals surface area contributed by atoms with E-state index in [1.165, 1.54) is 5.56 Å². The van der Waals surface area contributed by atoms with Gasteiger partial charge in [-0.15, -0.1) is 0 Å². The Morgan fingerprint density at radius 2 is 2.20 bits per heavy atom. The van der Waals surface area contributed by atoms with E-state index in [1.54, 1.807) is 0 Å². The molecule has 0 bridgehead atoms. The summed E-state index contributed by atoms with van der Waals surface area (Å²) >= 11 is 0. The minimum Gasteiger partial charge on any atom is -0.328 e. The van der Waals surface area contributed by atoms with E-state index in [-0.39, 0.29) is 17.9 Å². The summed E-state index contributed by atoms with van der Waals surface area (Å²) in [6.45, 7) is 0.873. The molecule has 4 nitrogen and oxygen atoms in total. The molecule has 1 aliphatic rings. The molecule has 0 aromatic heterocycles. The fourth-order valence-electron chi connectivity index (χ4n) is 2.82. The maximum atomic E-state index is 12.3. The molecular formula is C16H25N3O. The van der Waals surface area contributed by atoms with Crippen molar-refractivity contribution < 1.29 is 4.79 Å². The van der Waals surface area contributed by atoms with Gasteiger partial charge in [-0.3, -0.25) is 4.79 Å². The molecule has 0 radical (unpaired) electrons. The first-order valence-electron chi connectivity index (χ1n) is 7.34. The van der Waals surface area contributed by atoms with Crippen molar-refractivity contribution in [2.24, 2.45) is 11.7 Å². The summed E-state index contributed by atoms with van der Waals surface area (Å²) in [7, 11) is 4.07. The number of nitrogens with two attached hydrogens (primary N) is 1. The molecule has 1 aromatic rings. The molecule has 2 unspecified atom stereocenters. The summed E-state index contributed by atoms with van der Waals surface area (Å²) in [6, 6.07) is 8.23. The zero-order chi connectivity index (χ0) is 14.5. The average Bonchev–Trinajstić information content (AvgIpc) is 2.38. The molecule has 1 saturated carbocycles. The lowest BCUT2D eigenvalue weighted by molar-refractivity contribution is -0.120. The van der Waals surface area contributed by atoms with Crippen LogP contribution in [0.25, 0.3) is 0 Å². The van der Waals surface area contributed by atoms with Gasteiger partial charge in [0.2, 0.25) is 5.91 Å². The monoisotopic (exact) mass is 275 g/mol. The Balaban J connectivity index is 1.96. The third kappa shape index (κ3) is 4.32. The highest BCUT2D eigenvalue weighted by atomic mass is 16.1. The Hall–Kier alpha value is -1.39. The number of carbonyl (C=O) groups excluding carboxylic acids is 1. The van der Waals surface area contributed by atoms with Gasteiger partial charge in [0, 0.05) is 24.2 Å². The van der Waals surface area contributed by atoms with E-state index < -0.39 is 0 Å². The summed E-state index contributed by atoms with van der Waals surface area (Å²) in [4.78, 5) is 14.4. The number of hydrogen-bond donors (Lipinski definition) is 2. The van der Waals surface area contributed by atoms with Gasteiger partial charge >= 0.3 is 0 Å². The minimum atomic E-state index is 0.0660. The molecule has 1 aliphatic carbocycles. The molecule has 4 heteroatoms. The standard InChI is InChI=1S/C16H25N3O/c1-19(2)11-12-5-3-8-15(9-12)18-16(20)13-6-4-7-14(17)10-13/h3,5,8-9,13-14H,4,6-7,10-11,17H2,1-2H3,(H,18,20). The number of carbonyl (C=O) groups is 1. The van der Waals surface area contributed by atoms with Crippen molar-refractivity contribution in [2.45, 2.75) is 38.3 Å². The molecule has 1 amide bonds. The van der Waals surface area contributed by atoms with Crippen molar-refractivity contribution in [1.29, 1.82) is 0 Å². The lowest BCUT2D eigenvalue weighted by Gasteiger charge is -2.25. The number of rotatable bonds is 4. The number of benzene rings is 1. The molecule has 0 aliphatic heterocycles. The van der Waals surface area contributed by atoms with Gasteiger partial charge in [0.1, 0.15) is 0 Å². The van der Waals surface area contributed by atoms with Gasteiger partial charge in [-0.1, -0.05) is 18.6 Å². The fraction of sp³-hybridized carbons (Fsp3) is 0.562. The van der Waals surface area contributed by atoms with E-state index in [0.717, 1.165) is 37.9 Å². The molecule has 1 aromatic carbocycles. The molecule has 20 heavy (non-hydrogen) atoms. The van der Waals surface area contributed by atoms with Crippen molar-refractivity contribution in [3.8, 4) is 0 Å². The molecule has 0 spiro atoms. The molecular weight excluding hydrogens is 250 g/mol. The summed E-state index contributed by atoms with van der Waals surface area (Å²) in [5.74, 6) is 0.179. The van der Waals surface area contributed by atoms with Crippen LogP contribution in [-0.2, 0) is 11.3 Å². The van der Waals surface area contributed by atoms with Crippen LogP contribution in [0.3, 0.4) is 0 Å². The van der Waals surface area contributed by atoms with Crippen LogP contribution in [0.4, 0.5) is 5.69 Å². The highest BCUT2D eigenvalue weighted by Crippen LogP contribution is 2.24. The number of amides is 1. The first-order valence-corrected chi connectivity index (χ1v) is 7.34. The number of hydrogen-bond acceptors (Lipinski definition) is 3. The summed E-state index contributed by atoms with van der Waals surface area (Å²) < 4.78 is 0. The van der Waals surface area contributed by atoms with E-state index >= 15 is 0 Å². The Morgan fingerprint density at radius 1 is 1.40 bits per heavy atom. The van der Waals surface area contributed by atoms with Gasteiger partial charge in [0.25, 0.3) is 0 Å². The zero-order valence-electron chi connectivity index (χ0n) is 12.4. The average molecular weight is 275 g/mol. The van der Waals surface area contributed by atoms with E-state index in [4.69, 9.17) is 5.73 Å². The second-order valence-electron chi connectivity index (χ2n) is 6.05. The molecule has 3 N–H and O–H groups in total. The maximum Gasteiger partial charge on any atom is 0.227 e. The van der Waals surface area contributed by atoms with Crippen LogP contribution in [0.15, 0.2) is 24.3 Å². The summed E-state index contributed by atoms with van der Waals surface area (Å²) in [6.07, 6.45) is 3.86. The van der Waals surface area contributed by atoms with Crippen LogP contribution in [0.2, 0.25) is 0 Å². The van der Waals surface area contributed by atoms with Crippen molar-refractivity contribution in [1.82, 2.24) is 4.90 Å². The van der Waals surface area contributed by atoms with E-state index in [2.05, 4.69) is 16.3 Å². The molecule has 2 atom stereocenters. The number of nitrogens with one attached hydrogen (secondary N) is 1. The topological polar surface area (TPSA) is 58.4 Å². The molecule has 0 heterocycles. The lowest BCUT2D eigenvalue weighted by Crippen LogP contribution is -2.34. The van der Waals surface area contributed by atoms with Gasteiger partial charge in [-0.05, 0) is 51.1 Å². The van der Waals surface area contributed by atoms with Crippen LogP contribution in [0.1, 0.15) is 31.2 Å². The molecule has 2 rings (SSSR count). The fourth-order valence-corrected chi connectivity index (χ4v) is 2.82. The Kier molecular flexibility index (Phi) is 5.15. The molecule has 110 valence electrons. The van der Waals surface area contributed by atoms with Gasteiger partial charge in [0.15, 0.2) is 0 Å². The second-order valence-corrected chi connectivity index (χ2v) is 6.05. The largest absolute Gasteiger partial charge is 0.328 e. The Bertz CT molecular complexity index is 459. The Labute approximate surface area is 121 Å². The van der Waals surface area contributed by atoms with Crippen molar-refractivity contribution in [3.63, 3.8) is 0 Å². The van der Waals surface area contributed by atoms with Crippen LogP contribution < -0.4 is 11.1 Å². The van der Waals surface area contributed by atoms with Crippen LogP contribution in [-0.4, -0.2) is 30.9 Å². The van der Waals surface area contributed by atoms with E-state index in [1.807, 2.05) is 32.3 Å². The first kappa shape index (κ1) is 15.0. The van der Waals surface area contributed by atoms with Crippen LogP contribution >= 0.6 is 0 Å². The van der Waals surface area contributed by atoms with Gasteiger partial charge < -0.3 is 16.0 Å². The van der Waals surface area contributed by atoms with E-state index in [9.17, 15) is 4.79 Å². The highest BCUT2D eigenvalue weighted by Gasteiger charge is 2.25. The lowest BCUT2D eigenvalue weighted by atomic mass is 9.85. The van der Waals surface area contributed by atoms with Crippen LogP contribution in [0.5, 0.6) is 0 Å². The predicted molar refractivity (Wildman–Crippen MR) is 82.4 cm³/mol. The van der Waals surface area contributed by atoms with Crippen molar-refractivity contribution >= 4 is 11.6 Å². The summed E-state index contributed by atoms with van der Waals surface area (Å²) in [5, 5.41) is 3.03. The van der Waals surface area contributed by atoms with Gasteiger partial charge in [0.05, 0.1) is 0 Å². The maximum absolute atomic E-state index is 12.3. The van der Waals surface area contributed by atoms with Crippen molar-refractivity contribution in [2.75, 3.05) is 19.4 Å². The summed E-state index contributed by atoms with van der Waals surface area (Å²) in [5.41, 5.74) is 8.03. The number of anilines is 1. The molecule has 1 fully saturated rings. The van der Waals surface area contributed by atoms with Crippen molar-refractivity contribution in [3.05, 3.63) is 29.8 Å². The van der Waals surface area contributed by atoms with Gasteiger partial charge in [-0.2, -0.15) is 0 Å². The minimum absolute atomic E-state index is 0.0660.